The molecule has 0 heterocycles. The maximum Gasteiger partial charge on any atom is 0.406 e. The van der Waals surface area contributed by atoms with Crippen LogP contribution < -0.4 is 5.73 Å². The van der Waals surface area contributed by atoms with Gasteiger partial charge in [0, 0.05) is 0 Å². The fourth-order valence-electron chi connectivity index (χ4n) is 1.70. The minimum atomic E-state index is -4.45. The first-order valence-corrected chi connectivity index (χ1v) is 4.23. The molecule has 1 rings (SSSR count). The molecule has 0 bridgehead atoms. The van der Waals surface area contributed by atoms with Crippen molar-refractivity contribution in [3.63, 3.8) is 0 Å². The summed E-state index contributed by atoms with van der Waals surface area (Å²) >= 11 is 0. The third-order valence-corrected chi connectivity index (χ3v) is 2.65. The molecule has 82 valence electrons. The fraction of sp³-hybridized carbons (Fsp3) is 0.875. The normalized spacial score (nSPS) is 33.1. The molecular formula is C8H12F3NO2. The second-order valence-electron chi connectivity index (χ2n) is 3.62. The Morgan fingerprint density at radius 1 is 1.57 bits per heavy atom. The summed E-state index contributed by atoms with van der Waals surface area (Å²) in [6.45, 7) is 0. The number of halogens is 3. The number of carbonyl (C=O) groups excluding carboxylic acids is 1. The summed E-state index contributed by atoms with van der Waals surface area (Å²) < 4.78 is 41.6. The van der Waals surface area contributed by atoms with Gasteiger partial charge < -0.3 is 10.5 Å². The lowest BCUT2D eigenvalue weighted by atomic mass is 9.97. The monoisotopic (exact) mass is 211 g/mol. The van der Waals surface area contributed by atoms with E-state index in [1.165, 1.54) is 0 Å². The van der Waals surface area contributed by atoms with E-state index in [1.54, 1.807) is 0 Å². The van der Waals surface area contributed by atoms with Gasteiger partial charge in [-0.05, 0) is 19.3 Å². The van der Waals surface area contributed by atoms with Gasteiger partial charge in [0.1, 0.15) is 5.54 Å². The molecule has 0 amide bonds. The number of ether oxygens (including phenoxy) is 1. The summed E-state index contributed by atoms with van der Waals surface area (Å²) in [4.78, 5) is 11.0. The Balaban J connectivity index is 2.69. The molecule has 1 aliphatic carbocycles. The van der Waals surface area contributed by atoms with Crippen LogP contribution in [0.4, 0.5) is 13.2 Å². The third-order valence-electron chi connectivity index (χ3n) is 2.65. The standard InChI is InChI=1S/C8H12F3NO2/c1-14-6(13)5-2-3-7(12,4-5)8(9,10)11/h5H,2-4,12H2,1H3. The summed E-state index contributed by atoms with van der Waals surface area (Å²) in [5.41, 5.74) is 2.97. The Kier molecular flexibility index (Phi) is 2.76. The number of nitrogens with two attached hydrogens (primary N) is 1. The van der Waals surface area contributed by atoms with Gasteiger partial charge in [0.15, 0.2) is 0 Å². The summed E-state index contributed by atoms with van der Waals surface area (Å²) in [6.07, 6.45) is -4.89. The minimum absolute atomic E-state index is 0.142. The van der Waals surface area contributed by atoms with Gasteiger partial charge in [-0.1, -0.05) is 0 Å². The Morgan fingerprint density at radius 2 is 2.14 bits per heavy atom. The van der Waals surface area contributed by atoms with Crippen LogP contribution in [0, 0.1) is 5.92 Å². The average molecular weight is 211 g/mol. The van der Waals surface area contributed by atoms with Crippen LogP contribution in [0.3, 0.4) is 0 Å². The summed E-state index contributed by atoms with van der Waals surface area (Å²) in [5.74, 6) is -1.33. The number of carbonyl (C=O) groups is 1. The van der Waals surface area contributed by atoms with Crippen molar-refractivity contribution in [2.45, 2.75) is 31.0 Å². The fourth-order valence-corrected chi connectivity index (χ4v) is 1.70. The van der Waals surface area contributed by atoms with Crippen molar-refractivity contribution in [3.05, 3.63) is 0 Å². The lowest BCUT2D eigenvalue weighted by Gasteiger charge is -2.26. The van der Waals surface area contributed by atoms with Crippen LogP contribution >= 0.6 is 0 Å². The van der Waals surface area contributed by atoms with Crippen molar-refractivity contribution in [3.8, 4) is 0 Å². The molecule has 0 aromatic carbocycles. The highest BCUT2D eigenvalue weighted by atomic mass is 19.4. The lowest BCUT2D eigenvalue weighted by Crippen LogP contribution is -2.51. The first-order valence-electron chi connectivity index (χ1n) is 4.23. The molecule has 0 saturated heterocycles. The molecule has 2 unspecified atom stereocenters. The first kappa shape index (κ1) is 11.3. The molecule has 0 spiro atoms. The highest BCUT2D eigenvalue weighted by Gasteiger charge is 2.56. The van der Waals surface area contributed by atoms with E-state index in [9.17, 15) is 18.0 Å². The predicted octanol–water partition coefficient (Wildman–Crippen LogP) is 1.22. The Bertz CT molecular complexity index is 241. The largest absolute Gasteiger partial charge is 0.469 e. The minimum Gasteiger partial charge on any atom is -0.469 e. The van der Waals surface area contributed by atoms with Crippen LogP contribution in [0.25, 0.3) is 0 Å². The molecule has 0 aromatic heterocycles. The number of esters is 1. The Morgan fingerprint density at radius 3 is 2.50 bits per heavy atom. The lowest BCUT2D eigenvalue weighted by molar-refractivity contribution is -0.185. The topological polar surface area (TPSA) is 52.3 Å². The zero-order valence-corrected chi connectivity index (χ0v) is 7.73. The molecule has 3 nitrogen and oxygen atoms in total. The van der Waals surface area contributed by atoms with E-state index in [2.05, 4.69) is 4.74 Å². The molecule has 14 heavy (non-hydrogen) atoms. The van der Waals surface area contributed by atoms with Crippen LogP contribution in [0.1, 0.15) is 19.3 Å². The predicted molar refractivity (Wildman–Crippen MR) is 42.3 cm³/mol. The molecule has 2 N–H and O–H groups in total. The molecule has 1 saturated carbocycles. The van der Waals surface area contributed by atoms with Gasteiger partial charge in [-0.15, -0.1) is 0 Å². The highest BCUT2D eigenvalue weighted by Crippen LogP contribution is 2.43. The van der Waals surface area contributed by atoms with E-state index in [-0.39, 0.29) is 19.3 Å². The van der Waals surface area contributed by atoms with Crippen molar-refractivity contribution in [1.82, 2.24) is 0 Å². The molecule has 0 aliphatic heterocycles. The first-order chi connectivity index (χ1) is 6.30. The van der Waals surface area contributed by atoms with E-state index < -0.39 is 23.6 Å². The molecule has 1 fully saturated rings. The third kappa shape index (κ3) is 1.84. The molecule has 0 aromatic rings. The smallest absolute Gasteiger partial charge is 0.406 e. The molecular weight excluding hydrogens is 199 g/mol. The van der Waals surface area contributed by atoms with Crippen LogP contribution in [-0.4, -0.2) is 24.8 Å². The number of hydrogen-bond donors (Lipinski definition) is 1. The van der Waals surface area contributed by atoms with Crippen LogP contribution in [0.2, 0.25) is 0 Å². The number of methoxy groups -OCH3 is 1. The average Bonchev–Trinajstić information content (AvgIpc) is 2.47. The van der Waals surface area contributed by atoms with E-state index in [0.717, 1.165) is 7.11 Å². The Hall–Kier alpha value is -0.780. The van der Waals surface area contributed by atoms with Crippen LogP contribution in [0.15, 0.2) is 0 Å². The highest BCUT2D eigenvalue weighted by molar-refractivity contribution is 5.72. The van der Waals surface area contributed by atoms with Gasteiger partial charge in [-0.3, -0.25) is 4.79 Å². The Labute approximate surface area is 79.4 Å². The second-order valence-corrected chi connectivity index (χ2v) is 3.62. The van der Waals surface area contributed by atoms with Gasteiger partial charge in [-0.25, -0.2) is 0 Å². The SMILES string of the molecule is COC(=O)C1CCC(N)(C(F)(F)F)C1. The summed E-state index contributed by atoms with van der Waals surface area (Å²) in [7, 11) is 1.16. The van der Waals surface area contributed by atoms with E-state index in [4.69, 9.17) is 5.73 Å². The zero-order chi connectivity index (χ0) is 11.0. The van der Waals surface area contributed by atoms with Gasteiger partial charge >= 0.3 is 12.1 Å². The van der Waals surface area contributed by atoms with Gasteiger partial charge in [0.25, 0.3) is 0 Å². The van der Waals surface area contributed by atoms with E-state index in [1.807, 2.05) is 0 Å². The second kappa shape index (κ2) is 3.42. The van der Waals surface area contributed by atoms with E-state index >= 15 is 0 Å². The van der Waals surface area contributed by atoms with Gasteiger partial charge in [0.2, 0.25) is 0 Å². The van der Waals surface area contributed by atoms with Gasteiger partial charge in [-0.2, -0.15) is 13.2 Å². The summed E-state index contributed by atoms with van der Waals surface area (Å²) in [5, 5.41) is 0. The quantitative estimate of drug-likeness (QED) is 0.663. The van der Waals surface area contributed by atoms with Gasteiger partial charge in [0.05, 0.1) is 13.0 Å². The van der Waals surface area contributed by atoms with Crippen molar-refractivity contribution in [2.24, 2.45) is 11.7 Å². The van der Waals surface area contributed by atoms with Crippen molar-refractivity contribution in [1.29, 1.82) is 0 Å². The number of alkyl halides is 3. The molecule has 6 heteroatoms. The van der Waals surface area contributed by atoms with Crippen molar-refractivity contribution in [2.75, 3.05) is 7.11 Å². The van der Waals surface area contributed by atoms with Crippen LogP contribution in [0.5, 0.6) is 0 Å². The number of hydrogen-bond acceptors (Lipinski definition) is 3. The molecule has 1 aliphatic rings. The molecule has 0 radical (unpaired) electrons. The maximum atomic E-state index is 12.4. The molecule has 2 atom stereocenters. The summed E-state index contributed by atoms with van der Waals surface area (Å²) in [6, 6.07) is 0. The van der Waals surface area contributed by atoms with Crippen molar-refractivity contribution >= 4 is 5.97 Å². The number of rotatable bonds is 1. The van der Waals surface area contributed by atoms with Crippen molar-refractivity contribution < 1.29 is 22.7 Å². The van der Waals surface area contributed by atoms with E-state index in [0.29, 0.717) is 0 Å². The maximum absolute atomic E-state index is 12.4. The zero-order valence-electron chi connectivity index (χ0n) is 7.73. The van der Waals surface area contributed by atoms with Crippen LogP contribution in [-0.2, 0) is 9.53 Å².